The molecule has 0 N–H and O–H groups in total. The number of hydrogen-bond acceptors (Lipinski definition) is 4. The van der Waals surface area contributed by atoms with E-state index in [-0.39, 0.29) is 17.2 Å². The zero-order chi connectivity index (χ0) is 17.1. The van der Waals surface area contributed by atoms with Crippen molar-refractivity contribution >= 4 is 11.6 Å². The van der Waals surface area contributed by atoms with E-state index in [9.17, 15) is 14.9 Å². The largest absolute Gasteiger partial charge is 0.337 e. The Morgan fingerprint density at radius 1 is 1.21 bits per heavy atom. The quantitative estimate of drug-likeness (QED) is 0.628. The van der Waals surface area contributed by atoms with Crippen LogP contribution < -0.4 is 0 Å². The van der Waals surface area contributed by atoms with E-state index >= 15 is 0 Å². The lowest BCUT2D eigenvalue weighted by Gasteiger charge is -2.31. The Kier molecular flexibility index (Phi) is 5.14. The third-order valence-corrected chi connectivity index (χ3v) is 5.27. The molecule has 2 aliphatic rings. The molecule has 0 aromatic heterocycles. The van der Waals surface area contributed by atoms with Crippen molar-refractivity contribution in [1.29, 1.82) is 0 Å². The van der Waals surface area contributed by atoms with Crippen molar-refractivity contribution in [3.63, 3.8) is 0 Å². The van der Waals surface area contributed by atoms with Gasteiger partial charge in [-0.15, -0.1) is 0 Å². The Balaban J connectivity index is 1.69. The maximum absolute atomic E-state index is 12.8. The van der Waals surface area contributed by atoms with Gasteiger partial charge < -0.3 is 9.80 Å². The van der Waals surface area contributed by atoms with Gasteiger partial charge in [0.15, 0.2) is 0 Å². The summed E-state index contributed by atoms with van der Waals surface area (Å²) in [6, 6.07) is 4.97. The van der Waals surface area contributed by atoms with Crippen LogP contribution in [0.4, 0.5) is 5.69 Å². The fourth-order valence-corrected chi connectivity index (χ4v) is 3.64. The molecule has 0 bridgehead atoms. The van der Waals surface area contributed by atoms with Crippen molar-refractivity contribution in [2.75, 3.05) is 32.7 Å². The van der Waals surface area contributed by atoms with Gasteiger partial charge in [-0.2, -0.15) is 0 Å². The van der Waals surface area contributed by atoms with Crippen LogP contribution in [-0.4, -0.2) is 53.4 Å². The van der Waals surface area contributed by atoms with E-state index in [4.69, 9.17) is 0 Å². The number of amides is 1. The first kappa shape index (κ1) is 16.9. The Morgan fingerprint density at radius 3 is 2.67 bits per heavy atom. The van der Waals surface area contributed by atoms with Gasteiger partial charge in [0.05, 0.1) is 4.92 Å². The minimum Gasteiger partial charge on any atom is -0.337 e. The third kappa shape index (κ3) is 3.59. The van der Waals surface area contributed by atoms with Crippen LogP contribution in [0.3, 0.4) is 0 Å². The SMILES string of the molecule is Cc1cccc(C(=O)N2CCCN(CC3CCC3)CC2)c1[N+](=O)[O-]. The molecule has 0 radical (unpaired) electrons. The number of carbonyl (C=O) groups excluding carboxylic acids is 1. The number of carbonyl (C=O) groups is 1. The molecule has 6 nitrogen and oxygen atoms in total. The van der Waals surface area contributed by atoms with Gasteiger partial charge in [-0.05, 0) is 44.7 Å². The molecule has 1 aromatic carbocycles. The summed E-state index contributed by atoms with van der Waals surface area (Å²) in [4.78, 5) is 28.0. The molecule has 1 aliphatic heterocycles. The molecule has 6 heteroatoms. The molecule has 0 spiro atoms. The number of para-hydroxylation sites is 1. The number of nitrogens with zero attached hydrogens (tertiary/aromatic N) is 3. The van der Waals surface area contributed by atoms with Crippen LogP contribution in [0.1, 0.15) is 41.6 Å². The van der Waals surface area contributed by atoms with Crippen LogP contribution in [0, 0.1) is 23.0 Å². The second-order valence-corrected chi connectivity index (χ2v) is 6.97. The van der Waals surface area contributed by atoms with Crippen LogP contribution in [0.25, 0.3) is 0 Å². The third-order valence-electron chi connectivity index (χ3n) is 5.27. The van der Waals surface area contributed by atoms with E-state index in [2.05, 4.69) is 4.90 Å². The summed E-state index contributed by atoms with van der Waals surface area (Å²) >= 11 is 0. The zero-order valence-corrected chi connectivity index (χ0v) is 14.2. The zero-order valence-electron chi connectivity index (χ0n) is 14.2. The van der Waals surface area contributed by atoms with Crippen LogP contribution in [0.5, 0.6) is 0 Å². The number of benzene rings is 1. The summed E-state index contributed by atoms with van der Waals surface area (Å²) in [5.74, 6) is 0.612. The first-order valence-electron chi connectivity index (χ1n) is 8.82. The van der Waals surface area contributed by atoms with E-state index in [1.807, 2.05) is 0 Å². The van der Waals surface area contributed by atoms with Crippen molar-refractivity contribution in [3.05, 3.63) is 39.4 Å². The van der Waals surface area contributed by atoms with Crippen LogP contribution in [0.15, 0.2) is 18.2 Å². The topological polar surface area (TPSA) is 66.7 Å². The molecule has 1 saturated carbocycles. The molecule has 0 unspecified atom stereocenters. The molecule has 3 rings (SSSR count). The normalized spacial score (nSPS) is 19.6. The molecule has 1 aromatic rings. The summed E-state index contributed by atoms with van der Waals surface area (Å²) in [7, 11) is 0. The van der Waals surface area contributed by atoms with Crippen molar-refractivity contribution in [2.24, 2.45) is 5.92 Å². The second kappa shape index (κ2) is 7.30. The molecule has 1 aliphatic carbocycles. The van der Waals surface area contributed by atoms with Crippen molar-refractivity contribution in [3.8, 4) is 0 Å². The summed E-state index contributed by atoms with van der Waals surface area (Å²) in [6.45, 7) is 6.00. The van der Waals surface area contributed by atoms with E-state index in [1.165, 1.54) is 19.3 Å². The van der Waals surface area contributed by atoms with E-state index in [0.29, 0.717) is 18.7 Å². The molecule has 0 atom stereocenters. The predicted molar refractivity (Wildman–Crippen MR) is 92.1 cm³/mol. The van der Waals surface area contributed by atoms with Gasteiger partial charge in [-0.25, -0.2) is 0 Å². The lowest BCUT2D eigenvalue weighted by molar-refractivity contribution is -0.385. The first-order chi connectivity index (χ1) is 11.6. The Hall–Kier alpha value is -1.95. The van der Waals surface area contributed by atoms with Crippen LogP contribution in [-0.2, 0) is 0 Å². The molecule has 1 saturated heterocycles. The number of nitro groups is 1. The van der Waals surface area contributed by atoms with E-state index < -0.39 is 4.92 Å². The van der Waals surface area contributed by atoms with Gasteiger partial charge in [-0.3, -0.25) is 14.9 Å². The average Bonchev–Trinajstić information content (AvgIpc) is 2.75. The van der Waals surface area contributed by atoms with Crippen molar-refractivity contribution in [1.82, 2.24) is 9.80 Å². The number of aryl methyl sites for hydroxylation is 1. The minimum absolute atomic E-state index is 0.0573. The van der Waals surface area contributed by atoms with E-state index in [0.717, 1.165) is 32.0 Å². The van der Waals surface area contributed by atoms with Gasteiger partial charge in [0.25, 0.3) is 11.6 Å². The standard InChI is InChI=1S/C18H25N3O3/c1-14-5-2-8-16(17(14)21(23)24)18(22)20-10-4-9-19(11-12-20)13-15-6-3-7-15/h2,5,8,15H,3-4,6-7,9-13H2,1H3. The van der Waals surface area contributed by atoms with Gasteiger partial charge in [-0.1, -0.05) is 18.6 Å². The van der Waals surface area contributed by atoms with Crippen LogP contribution >= 0.6 is 0 Å². The Morgan fingerprint density at radius 2 is 2.00 bits per heavy atom. The highest BCUT2D eigenvalue weighted by Gasteiger charge is 2.28. The molecular weight excluding hydrogens is 306 g/mol. The molecule has 1 amide bonds. The molecule has 1 heterocycles. The van der Waals surface area contributed by atoms with Gasteiger partial charge in [0, 0.05) is 31.7 Å². The summed E-state index contributed by atoms with van der Waals surface area (Å²) < 4.78 is 0. The van der Waals surface area contributed by atoms with Gasteiger partial charge in [0.2, 0.25) is 0 Å². The molecule has 2 fully saturated rings. The number of rotatable bonds is 4. The van der Waals surface area contributed by atoms with Gasteiger partial charge >= 0.3 is 0 Å². The predicted octanol–water partition coefficient (Wildman–Crippen LogP) is 2.85. The average molecular weight is 331 g/mol. The maximum Gasteiger partial charge on any atom is 0.285 e. The monoisotopic (exact) mass is 331 g/mol. The highest BCUT2D eigenvalue weighted by molar-refractivity contribution is 5.98. The fraction of sp³-hybridized carbons (Fsp3) is 0.611. The minimum atomic E-state index is -0.441. The molecular formula is C18H25N3O3. The lowest BCUT2D eigenvalue weighted by Crippen LogP contribution is -2.37. The highest BCUT2D eigenvalue weighted by atomic mass is 16.6. The number of hydrogen-bond donors (Lipinski definition) is 0. The highest BCUT2D eigenvalue weighted by Crippen LogP contribution is 2.28. The van der Waals surface area contributed by atoms with Gasteiger partial charge in [0.1, 0.15) is 5.56 Å². The molecule has 130 valence electrons. The first-order valence-corrected chi connectivity index (χ1v) is 8.82. The smallest absolute Gasteiger partial charge is 0.285 e. The Bertz CT molecular complexity index is 628. The maximum atomic E-state index is 12.8. The van der Waals surface area contributed by atoms with E-state index in [1.54, 1.807) is 30.0 Å². The summed E-state index contributed by atoms with van der Waals surface area (Å²) in [6.07, 6.45) is 4.93. The van der Waals surface area contributed by atoms with Crippen molar-refractivity contribution in [2.45, 2.75) is 32.6 Å². The fourth-order valence-electron chi connectivity index (χ4n) is 3.64. The lowest BCUT2D eigenvalue weighted by atomic mass is 9.85. The van der Waals surface area contributed by atoms with Crippen LogP contribution in [0.2, 0.25) is 0 Å². The number of nitro benzene ring substituents is 1. The summed E-state index contributed by atoms with van der Waals surface area (Å²) in [5.41, 5.74) is 0.692. The Labute approximate surface area is 142 Å². The van der Waals surface area contributed by atoms with Crippen molar-refractivity contribution < 1.29 is 9.72 Å². The molecule has 24 heavy (non-hydrogen) atoms. The summed E-state index contributed by atoms with van der Waals surface area (Å²) in [5, 5.41) is 11.3. The second-order valence-electron chi connectivity index (χ2n) is 6.97.